The van der Waals surface area contributed by atoms with Crippen LogP contribution in [-0.4, -0.2) is 13.9 Å². The van der Waals surface area contributed by atoms with Gasteiger partial charge in [0.15, 0.2) is 0 Å². The number of nitrogens with two attached hydrogens (primary N) is 1. The maximum atomic E-state index is 13.8. The first-order valence-corrected chi connectivity index (χ1v) is 10.5. The lowest BCUT2D eigenvalue weighted by Crippen LogP contribution is -2.49. The van der Waals surface area contributed by atoms with Gasteiger partial charge in [0, 0.05) is 6.20 Å². The summed E-state index contributed by atoms with van der Waals surface area (Å²) in [7, 11) is -1.34. The Kier molecular flexibility index (Phi) is 5.68. The van der Waals surface area contributed by atoms with Crippen LogP contribution in [0.4, 0.5) is 10.1 Å². The number of hydrogen-bond donors (Lipinski definition) is 2. The van der Waals surface area contributed by atoms with E-state index < -0.39 is 27.1 Å². The minimum absolute atomic E-state index is 0.0857. The van der Waals surface area contributed by atoms with Crippen LogP contribution in [0.25, 0.3) is 0 Å². The van der Waals surface area contributed by atoms with Gasteiger partial charge in [-0.2, -0.15) is 0 Å². The molecule has 1 aliphatic carbocycles. The smallest absolute Gasteiger partial charge is 0.146 e. The molecule has 0 spiro atoms. The van der Waals surface area contributed by atoms with Crippen LogP contribution in [0.15, 0.2) is 42.6 Å². The van der Waals surface area contributed by atoms with Gasteiger partial charge < -0.3 is 5.73 Å². The van der Waals surface area contributed by atoms with Gasteiger partial charge in [-0.05, 0) is 69.4 Å². The Bertz CT molecular complexity index is 818. The van der Waals surface area contributed by atoms with Crippen molar-refractivity contribution >= 4 is 16.7 Å². The maximum Gasteiger partial charge on any atom is 0.146 e. The van der Waals surface area contributed by atoms with Gasteiger partial charge in [-0.25, -0.2) is 13.3 Å². The van der Waals surface area contributed by atoms with E-state index in [4.69, 9.17) is 5.73 Å². The molecule has 2 aromatic rings. The monoisotopic (exact) mass is 389 g/mol. The van der Waals surface area contributed by atoms with E-state index in [-0.39, 0.29) is 5.69 Å². The molecular formula is C21H28FN3OS. The Labute approximate surface area is 163 Å². The minimum atomic E-state index is -1.34. The Morgan fingerprint density at radius 2 is 2.00 bits per heavy atom. The number of pyridine rings is 1. The number of nitrogen functional groups attached to an aromatic ring is 1. The summed E-state index contributed by atoms with van der Waals surface area (Å²) < 4.78 is 29.9. The molecule has 0 radical (unpaired) electrons. The number of rotatable bonds is 7. The summed E-state index contributed by atoms with van der Waals surface area (Å²) in [6, 6.07) is 10.4. The first-order valence-electron chi connectivity index (χ1n) is 9.39. The van der Waals surface area contributed by atoms with Gasteiger partial charge in [0.25, 0.3) is 0 Å². The van der Waals surface area contributed by atoms with E-state index in [1.54, 1.807) is 18.3 Å². The Hall–Kier alpha value is -1.79. The van der Waals surface area contributed by atoms with Crippen LogP contribution in [0.2, 0.25) is 0 Å². The average Bonchev–Trinajstić information content (AvgIpc) is 3.45. The molecule has 146 valence electrons. The first kappa shape index (κ1) is 20.0. The zero-order valence-electron chi connectivity index (χ0n) is 16.2. The first-order chi connectivity index (χ1) is 12.7. The molecule has 0 amide bonds. The lowest BCUT2D eigenvalue weighted by Gasteiger charge is -2.37. The average molecular weight is 390 g/mol. The van der Waals surface area contributed by atoms with Gasteiger partial charge in [-0.15, -0.1) is 0 Å². The molecule has 2 atom stereocenters. The predicted octanol–water partition coefficient (Wildman–Crippen LogP) is 4.29. The lowest BCUT2D eigenvalue weighted by molar-refractivity contribution is 0.405. The van der Waals surface area contributed by atoms with Crippen molar-refractivity contribution in [2.45, 2.75) is 56.7 Å². The lowest BCUT2D eigenvalue weighted by atomic mass is 9.82. The molecule has 0 aliphatic heterocycles. The summed E-state index contributed by atoms with van der Waals surface area (Å²) in [4.78, 5) is 4.58. The molecule has 0 unspecified atom stereocenters. The number of halogens is 1. The quantitative estimate of drug-likeness (QED) is 0.694. The Morgan fingerprint density at radius 3 is 2.56 bits per heavy atom. The van der Waals surface area contributed by atoms with E-state index in [1.807, 2.05) is 39.0 Å². The van der Waals surface area contributed by atoms with Crippen molar-refractivity contribution in [3.05, 3.63) is 59.7 Å². The zero-order valence-corrected chi connectivity index (χ0v) is 17.0. The largest absolute Gasteiger partial charge is 0.396 e. The highest BCUT2D eigenvalue weighted by atomic mass is 32.2. The maximum absolute atomic E-state index is 13.8. The summed E-state index contributed by atoms with van der Waals surface area (Å²) in [5, 5.41) is 0. The summed E-state index contributed by atoms with van der Waals surface area (Å²) in [6.07, 6.45) is 5.90. The normalized spacial score (nSPS) is 18.1. The second-order valence-electron chi connectivity index (χ2n) is 8.32. The van der Waals surface area contributed by atoms with E-state index in [0.29, 0.717) is 5.92 Å². The molecule has 1 aromatic heterocycles. The minimum Gasteiger partial charge on any atom is -0.396 e. The van der Waals surface area contributed by atoms with Crippen molar-refractivity contribution in [1.29, 1.82) is 0 Å². The fourth-order valence-electron chi connectivity index (χ4n) is 3.15. The highest BCUT2D eigenvalue weighted by molar-refractivity contribution is 7.84. The summed E-state index contributed by atoms with van der Waals surface area (Å²) in [5.41, 5.74) is 6.74. The van der Waals surface area contributed by atoms with Crippen molar-refractivity contribution in [3.8, 4) is 0 Å². The predicted molar refractivity (Wildman–Crippen MR) is 109 cm³/mol. The molecule has 3 rings (SSSR count). The summed E-state index contributed by atoms with van der Waals surface area (Å²) in [6.45, 7) is 5.79. The van der Waals surface area contributed by atoms with Gasteiger partial charge in [0.2, 0.25) is 0 Å². The van der Waals surface area contributed by atoms with Crippen LogP contribution in [0, 0.1) is 11.7 Å². The number of nitrogens with zero attached hydrogens (tertiary/aromatic N) is 1. The molecule has 4 nitrogen and oxygen atoms in total. The van der Waals surface area contributed by atoms with Gasteiger partial charge in [0.1, 0.15) is 5.82 Å². The zero-order chi connectivity index (χ0) is 19.7. The van der Waals surface area contributed by atoms with E-state index >= 15 is 0 Å². The van der Waals surface area contributed by atoms with Crippen LogP contribution in [-0.2, 0) is 16.5 Å². The highest BCUT2D eigenvalue weighted by Crippen LogP contribution is 2.41. The van der Waals surface area contributed by atoms with Crippen molar-refractivity contribution in [1.82, 2.24) is 9.71 Å². The van der Waals surface area contributed by atoms with Crippen LogP contribution < -0.4 is 10.5 Å². The second kappa shape index (κ2) is 7.68. The molecule has 27 heavy (non-hydrogen) atoms. The van der Waals surface area contributed by atoms with Gasteiger partial charge in [-0.3, -0.25) is 4.98 Å². The number of benzene rings is 1. The van der Waals surface area contributed by atoms with Crippen molar-refractivity contribution in [2.24, 2.45) is 5.92 Å². The third-order valence-electron chi connectivity index (χ3n) is 5.04. The van der Waals surface area contributed by atoms with Crippen LogP contribution in [0.1, 0.15) is 57.7 Å². The molecule has 1 aliphatic rings. The van der Waals surface area contributed by atoms with E-state index in [1.165, 1.54) is 18.9 Å². The van der Waals surface area contributed by atoms with E-state index in [9.17, 15) is 8.60 Å². The fraction of sp³-hybridized carbons (Fsp3) is 0.476. The van der Waals surface area contributed by atoms with Crippen LogP contribution in [0.5, 0.6) is 0 Å². The molecule has 1 fully saturated rings. The third kappa shape index (κ3) is 4.55. The molecule has 1 saturated carbocycles. The molecule has 1 heterocycles. The number of nitrogens with one attached hydrogen (secondary N) is 1. The fourth-order valence-corrected chi connectivity index (χ4v) is 4.09. The van der Waals surface area contributed by atoms with E-state index in [0.717, 1.165) is 24.1 Å². The summed E-state index contributed by atoms with van der Waals surface area (Å²) >= 11 is 0. The summed E-state index contributed by atoms with van der Waals surface area (Å²) in [5.74, 6) is 0.239. The molecule has 0 bridgehead atoms. The third-order valence-corrected chi connectivity index (χ3v) is 6.68. The highest BCUT2D eigenvalue weighted by Gasteiger charge is 2.41. The van der Waals surface area contributed by atoms with Crippen molar-refractivity contribution in [2.75, 3.05) is 5.73 Å². The van der Waals surface area contributed by atoms with Crippen molar-refractivity contribution in [3.63, 3.8) is 0 Å². The second-order valence-corrected chi connectivity index (χ2v) is 10.3. The number of anilines is 1. The topological polar surface area (TPSA) is 68.0 Å². The molecule has 3 N–H and O–H groups in total. The van der Waals surface area contributed by atoms with Crippen molar-refractivity contribution < 1.29 is 8.60 Å². The number of aromatic nitrogens is 1. The molecular weight excluding hydrogens is 361 g/mol. The number of hydrogen-bond acceptors (Lipinski definition) is 3. The van der Waals surface area contributed by atoms with E-state index in [2.05, 4.69) is 9.71 Å². The van der Waals surface area contributed by atoms with Crippen LogP contribution in [0.3, 0.4) is 0 Å². The standard InChI is InChI=1S/C21H28FN3OS/c1-20(2,3)27(26)25-21(12-11-15-7-8-15,19-6-4-5-13-24-19)16-9-10-17(22)18(23)14-16/h4-6,9-10,13-15,25H,7-8,11-12,23H2,1-3H3/t21-,27-/m0/s1. The Morgan fingerprint density at radius 1 is 1.26 bits per heavy atom. The molecule has 6 heteroatoms. The van der Waals surface area contributed by atoms with Gasteiger partial charge >= 0.3 is 0 Å². The van der Waals surface area contributed by atoms with Gasteiger partial charge in [-0.1, -0.05) is 25.0 Å². The SMILES string of the molecule is CC(C)(C)[S@](=O)N[C@@](CCC1CC1)(c1ccc(F)c(N)c1)c1ccccn1. The molecule has 0 saturated heterocycles. The van der Waals surface area contributed by atoms with Gasteiger partial charge in [0.05, 0.1) is 32.7 Å². The molecule has 1 aromatic carbocycles. The Balaban J connectivity index is 2.13. The van der Waals surface area contributed by atoms with Crippen LogP contribution >= 0.6 is 0 Å².